The Kier molecular flexibility index (Phi) is 4.99. The van der Waals surface area contributed by atoms with Crippen LogP contribution in [0.5, 0.6) is 0 Å². The van der Waals surface area contributed by atoms with E-state index in [4.69, 9.17) is 5.11 Å². The first-order valence-corrected chi connectivity index (χ1v) is 7.16. The Morgan fingerprint density at radius 1 is 1.33 bits per heavy atom. The number of aromatic nitrogens is 1. The standard InChI is InChI=1S/C14H13FN2O3S/c15-11-6-2-1-5-10(11)13(20)17-14-16-9(8-21-14)4-3-7-12(18)19/h1-2,5-6,8H,3-4,7H2,(H,18,19)(H,16,17,20). The number of carboxylic acid groups (broad SMARTS) is 1. The topological polar surface area (TPSA) is 79.3 Å². The molecule has 0 spiro atoms. The number of thiazole rings is 1. The van der Waals surface area contributed by atoms with E-state index in [1.807, 2.05) is 0 Å². The lowest BCUT2D eigenvalue weighted by Gasteiger charge is -2.02. The average Bonchev–Trinajstić information content (AvgIpc) is 2.86. The van der Waals surface area contributed by atoms with Crippen LogP contribution in [0.2, 0.25) is 0 Å². The summed E-state index contributed by atoms with van der Waals surface area (Å²) < 4.78 is 13.5. The Labute approximate surface area is 124 Å². The molecule has 0 unspecified atom stereocenters. The van der Waals surface area contributed by atoms with Crippen molar-refractivity contribution < 1.29 is 19.1 Å². The van der Waals surface area contributed by atoms with Crippen molar-refractivity contribution in [2.75, 3.05) is 5.32 Å². The smallest absolute Gasteiger partial charge is 0.303 e. The van der Waals surface area contributed by atoms with Gasteiger partial charge in [0.25, 0.3) is 5.91 Å². The third-order valence-electron chi connectivity index (χ3n) is 2.71. The van der Waals surface area contributed by atoms with E-state index in [1.54, 1.807) is 11.4 Å². The molecular formula is C14H13FN2O3S. The molecule has 1 aromatic carbocycles. The molecule has 0 aliphatic rings. The molecule has 2 N–H and O–H groups in total. The molecule has 1 aromatic heterocycles. The fraction of sp³-hybridized carbons (Fsp3) is 0.214. The molecule has 21 heavy (non-hydrogen) atoms. The number of carboxylic acids is 1. The third-order valence-corrected chi connectivity index (χ3v) is 3.52. The fourth-order valence-corrected chi connectivity index (χ4v) is 2.45. The van der Waals surface area contributed by atoms with Gasteiger partial charge in [0.1, 0.15) is 5.82 Å². The molecule has 0 aliphatic carbocycles. The molecule has 1 heterocycles. The Balaban J connectivity index is 1.95. The Morgan fingerprint density at radius 3 is 2.81 bits per heavy atom. The van der Waals surface area contributed by atoms with E-state index in [0.29, 0.717) is 23.7 Å². The van der Waals surface area contributed by atoms with Crippen LogP contribution in [0, 0.1) is 5.82 Å². The number of carbonyl (C=O) groups excluding carboxylic acids is 1. The van der Waals surface area contributed by atoms with Crippen LogP contribution < -0.4 is 5.32 Å². The van der Waals surface area contributed by atoms with Crippen molar-refractivity contribution in [1.82, 2.24) is 4.98 Å². The van der Waals surface area contributed by atoms with E-state index in [1.165, 1.54) is 29.5 Å². The van der Waals surface area contributed by atoms with Crippen molar-refractivity contribution >= 4 is 28.3 Å². The largest absolute Gasteiger partial charge is 0.481 e. The number of benzene rings is 1. The zero-order valence-electron chi connectivity index (χ0n) is 11.0. The quantitative estimate of drug-likeness (QED) is 0.860. The fourth-order valence-electron chi connectivity index (χ4n) is 1.71. The minimum atomic E-state index is -0.849. The molecule has 5 nitrogen and oxygen atoms in total. The minimum absolute atomic E-state index is 0.0415. The van der Waals surface area contributed by atoms with E-state index in [2.05, 4.69) is 10.3 Å². The molecule has 1 amide bonds. The summed E-state index contributed by atoms with van der Waals surface area (Å²) in [4.78, 5) is 26.5. The van der Waals surface area contributed by atoms with Gasteiger partial charge in [0.15, 0.2) is 5.13 Å². The van der Waals surface area contributed by atoms with Gasteiger partial charge in [0.05, 0.1) is 11.3 Å². The zero-order chi connectivity index (χ0) is 15.2. The first kappa shape index (κ1) is 15.1. The molecule has 7 heteroatoms. The lowest BCUT2D eigenvalue weighted by atomic mass is 10.2. The summed E-state index contributed by atoms with van der Waals surface area (Å²) in [6, 6.07) is 5.70. The summed E-state index contributed by atoms with van der Waals surface area (Å²) >= 11 is 1.22. The van der Waals surface area contributed by atoms with Gasteiger partial charge in [-0.05, 0) is 25.0 Å². The lowest BCUT2D eigenvalue weighted by Crippen LogP contribution is -2.13. The van der Waals surface area contributed by atoms with Gasteiger partial charge in [0, 0.05) is 11.8 Å². The first-order valence-electron chi connectivity index (χ1n) is 6.28. The molecule has 0 saturated carbocycles. The van der Waals surface area contributed by atoms with Gasteiger partial charge in [-0.25, -0.2) is 9.37 Å². The molecule has 0 bridgehead atoms. The zero-order valence-corrected chi connectivity index (χ0v) is 11.8. The van der Waals surface area contributed by atoms with Gasteiger partial charge in [-0.2, -0.15) is 0 Å². The number of rotatable bonds is 6. The summed E-state index contributed by atoms with van der Waals surface area (Å²) in [6.07, 6.45) is 1.09. The number of halogens is 1. The summed E-state index contributed by atoms with van der Waals surface area (Å²) in [5.74, 6) is -1.99. The number of carbonyl (C=O) groups is 2. The predicted octanol–water partition coefficient (Wildman–Crippen LogP) is 2.94. The number of aryl methyl sites for hydroxylation is 1. The number of aliphatic carboxylic acids is 1. The predicted molar refractivity (Wildman–Crippen MR) is 77.0 cm³/mol. The van der Waals surface area contributed by atoms with Crippen LogP contribution in [0.1, 0.15) is 28.9 Å². The highest BCUT2D eigenvalue weighted by Crippen LogP contribution is 2.18. The lowest BCUT2D eigenvalue weighted by molar-refractivity contribution is -0.137. The summed E-state index contributed by atoms with van der Waals surface area (Å²) in [6.45, 7) is 0. The second-order valence-corrected chi connectivity index (χ2v) is 5.18. The van der Waals surface area contributed by atoms with Gasteiger partial charge in [0.2, 0.25) is 0 Å². The molecule has 0 fully saturated rings. The van der Waals surface area contributed by atoms with Crippen LogP contribution in [0.4, 0.5) is 9.52 Å². The molecule has 2 aromatic rings. The second kappa shape index (κ2) is 6.94. The number of hydrogen-bond donors (Lipinski definition) is 2. The van der Waals surface area contributed by atoms with Crippen LogP contribution in [-0.2, 0) is 11.2 Å². The van der Waals surface area contributed by atoms with Crippen molar-refractivity contribution in [3.05, 3.63) is 46.7 Å². The monoisotopic (exact) mass is 308 g/mol. The van der Waals surface area contributed by atoms with Crippen molar-refractivity contribution in [2.45, 2.75) is 19.3 Å². The van der Waals surface area contributed by atoms with E-state index in [0.717, 1.165) is 0 Å². The Morgan fingerprint density at radius 2 is 2.10 bits per heavy atom. The highest BCUT2D eigenvalue weighted by Gasteiger charge is 2.12. The number of amides is 1. The Bertz CT molecular complexity index is 657. The minimum Gasteiger partial charge on any atom is -0.481 e. The number of nitrogens with one attached hydrogen (secondary N) is 1. The van der Waals surface area contributed by atoms with Crippen LogP contribution in [0.3, 0.4) is 0 Å². The number of anilines is 1. The van der Waals surface area contributed by atoms with E-state index in [-0.39, 0.29) is 12.0 Å². The summed E-state index contributed by atoms with van der Waals surface area (Å²) in [5, 5.41) is 13.2. The van der Waals surface area contributed by atoms with Gasteiger partial charge < -0.3 is 5.11 Å². The first-order chi connectivity index (χ1) is 10.1. The van der Waals surface area contributed by atoms with Gasteiger partial charge in [-0.15, -0.1) is 11.3 Å². The molecule has 0 atom stereocenters. The average molecular weight is 308 g/mol. The SMILES string of the molecule is O=C(O)CCCc1csc(NC(=O)c2ccccc2F)n1. The Hall–Kier alpha value is -2.28. The van der Waals surface area contributed by atoms with Crippen molar-refractivity contribution in [3.8, 4) is 0 Å². The summed E-state index contributed by atoms with van der Waals surface area (Å²) in [5.41, 5.74) is 0.671. The van der Waals surface area contributed by atoms with Crippen LogP contribution >= 0.6 is 11.3 Å². The highest BCUT2D eigenvalue weighted by atomic mass is 32.1. The highest BCUT2D eigenvalue weighted by molar-refractivity contribution is 7.13. The molecule has 0 radical (unpaired) electrons. The molecule has 2 rings (SSSR count). The maximum absolute atomic E-state index is 13.5. The van der Waals surface area contributed by atoms with E-state index >= 15 is 0 Å². The molecule has 0 aliphatic heterocycles. The van der Waals surface area contributed by atoms with Gasteiger partial charge in [-0.3, -0.25) is 14.9 Å². The van der Waals surface area contributed by atoms with Gasteiger partial charge >= 0.3 is 5.97 Å². The third kappa shape index (κ3) is 4.35. The molecule has 0 saturated heterocycles. The van der Waals surface area contributed by atoms with Gasteiger partial charge in [-0.1, -0.05) is 12.1 Å². The van der Waals surface area contributed by atoms with Crippen LogP contribution in [0.25, 0.3) is 0 Å². The maximum atomic E-state index is 13.5. The van der Waals surface area contributed by atoms with Crippen molar-refractivity contribution in [1.29, 1.82) is 0 Å². The number of hydrogen-bond acceptors (Lipinski definition) is 4. The second-order valence-electron chi connectivity index (χ2n) is 4.33. The van der Waals surface area contributed by atoms with Crippen molar-refractivity contribution in [3.63, 3.8) is 0 Å². The normalized spacial score (nSPS) is 10.3. The van der Waals surface area contributed by atoms with E-state index in [9.17, 15) is 14.0 Å². The van der Waals surface area contributed by atoms with E-state index < -0.39 is 17.7 Å². The van der Waals surface area contributed by atoms with Crippen LogP contribution in [0.15, 0.2) is 29.6 Å². The number of nitrogens with zero attached hydrogens (tertiary/aromatic N) is 1. The van der Waals surface area contributed by atoms with Crippen molar-refractivity contribution in [2.24, 2.45) is 0 Å². The summed E-state index contributed by atoms with van der Waals surface area (Å²) in [7, 11) is 0. The van der Waals surface area contributed by atoms with Crippen LogP contribution in [-0.4, -0.2) is 22.0 Å². The molecular weight excluding hydrogens is 295 g/mol. The molecule has 110 valence electrons. The maximum Gasteiger partial charge on any atom is 0.303 e.